The summed E-state index contributed by atoms with van der Waals surface area (Å²) >= 11 is 0. The number of nitrogens with one attached hydrogen (secondary N) is 1. The number of aromatic amines is 1. The Morgan fingerprint density at radius 2 is 1.95 bits per heavy atom. The van der Waals surface area contributed by atoms with Gasteiger partial charge in [-0.25, -0.2) is 0 Å². The van der Waals surface area contributed by atoms with Crippen LogP contribution in [0, 0.1) is 0 Å². The van der Waals surface area contributed by atoms with Crippen molar-refractivity contribution in [3.63, 3.8) is 0 Å². The second kappa shape index (κ2) is 4.59. The van der Waals surface area contributed by atoms with Crippen molar-refractivity contribution < 1.29 is 9.47 Å². The lowest BCUT2D eigenvalue weighted by atomic mass is 10.1. The maximum Gasteiger partial charge on any atom is 0.231 e. The van der Waals surface area contributed by atoms with Crippen molar-refractivity contribution >= 4 is 22.7 Å². The first kappa shape index (κ1) is 11.9. The molecule has 0 amide bonds. The zero-order chi connectivity index (χ0) is 14.2. The lowest BCUT2D eigenvalue weighted by Crippen LogP contribution is -1.95. The average molecular weight is 278 g/mol. The number of hydrogen-bond donors (Lipinski definition) is 2. The number of H-pyrrole nitrogens is 1. The van der Waals surface area contributed by atoms with Crippen LogP contribution in [0.25, 0.3) is 22.7 Å². The Kier molecular flexibility index (Phi) is 2.60. The molecule has 4 heteroatoms. The molecule has 0 saturated carbocycles. The van der Waals surface area contributed by atoms with Crippen LogP contribution in [-0.2, 0) is 0 Å². The lowest BCUT2D eigenvalue weighted by Gasteiger charge is -2.02. The first-order chi connectivity index (χ1) is 10.3. The van der Waals surface area contributed by atoms with Crippen molar-refractivity contribution in [1.29, 1.82) is 0 Å². The molecule has 2 aromatic carbocycles. The molecule has 1 aromatic heterocycles. The first-order valence-electron chi connectivity index (χ1n) is 6.74. The molecule has 0 radical (unpaired) electrons. The van der Waals surface area contributed by atoms with Gasteiger partial charge >= 0.3 is 0 Å². The van der Waals surface area contributed by atoms with Gasteiger partial charge in [0.25, 0.3) is 0 Å². The maximum atomic E-state index is 6.25. The molecule has 4 rings (SSSR count). The number of aromatic nitrogens is 1. The first-order valence-corrected chi connectivity index (χ1v) is 6.74. The van der Waals surface area contributed by atoms with E-state index in [1.807, 2.05) is 48.7 Å². The third kappa shape index (κ3) is 2.01. The number of ether oxygens (including phenoxy) is 2. The van der Waals surface area contributed by atoms with E-state index in [0.717, 1.165) is 33.5 Å². The quantitative estimate of drug-likeness (QED) is 0.755. The van der Waals surface area contributed by atoms with Gasteiger partial charge in [-0.05, 0) is 29.8 Å². The van der Waals surface area contributed by atoms with Crippen LogP contribution in [-0.4, -0.2) is 11.8 Å². The summed E-state index contributed by atoms with van der Waals surface area (Å²) in [6, 6.07) is 13.9. The number of fused-ring (bicyclic) bond motifs is 2. The van der Waals surface area contributed by atoms with Gasteiger partial charge in [0.2, 0.25) is 6.79 Å². The summed E-state index contributed by atoms with van der Waals surface area (Å²) in [6.07, 6.45) is 3.88. The highest BCUT2D eigenvalue weighted by Crippen LogP contribution is 2.33. The minimum Gasteiger partial charge on any atom is -0.454 e. The van der Waals surface area contributed by atoms with Gasteiger partial charge in [-0.2, -0.15) is 0 Å². The van der Waals surface area contributed by atoms with E-state index in [4.69, 9.17) is 15.2 Å². The summed E-state index contributed by atoms with van der Waals surface area (Å²) in [5.41, 5.74) is 10.0. The fourth-order valence-corrected chi connectivity index (χ4v) is 2.57. The fourth-order valence-electron chi connectivity index (χ4n) is 2.57. The summed E-state index contributed by atoms with van der Waals surface area (Å²) in [6.45, 7) is 0.278. The van der Waals surface area contributed by atoms with Crippen molar-refractivity contribution in [1.82, 2.24) is 4.98 Å². The van der Waals surface area contributed by atoms with E-state index in [1.54, 1.807) is 0 Å². The molecule has 0 atom stereocenters. The molecule has 3 aromatic rings. The number of nitrogens with two attached hydrogens (primary N) is 1. The van der Waals surface area contributed by atoms with Gasteiger partial charge in [0, 0.05) is 28.4 Å². The minimum atomic E-state index is 0.278. The maximum absolute atomic E-state index is 6.25. The van der Waals surface area contributed by atoms with Crippen molar-refractivity contribution in [2.75, 3.05) is 6.79 Å². The van der Waals surface area contributed by atoms with E-state index in [0.29, 0.717) is 5.70 Å². The topological polar surface area (TPSA) is 60.3 Å². The molecule has 0 spiro atoms. The van der Waals surface area contributed by atoms with Crippen molar-refractivity contribution in [2.24, 2.45) is 5.73 Å². The predicted molar refractivity (Wildman–Crippen MR) is 82.9 cm³/mol. The summed E-state index contributed by atoms with van der Waals surface area (Å²) in [5, 5.41) is 1.12. The Bertz CT molecular complexity index is 849. The fraction of sp³-hybridized carbons (Fsp3) is 0.0588. The Labute approximate surface area is 121 Å². The molecule has 0 unspecified atom stereocenters. The van der Waals surface area contributed by atoms with Gasteiger partial charge in [-0.3, -0.25) is 0 Å². The van der Waals surface area contributed by atoms with Gasteiger partial charge in [0.05, 0.1) is 0 Å². The highest BCUT2D eigenvalue weighted by atomic mass is 16.7. The summed E-state index contributed by atoms with van der Waals surface area (Å²) in [4.78, 5) is 3.23. The van der Waals surface area contributed by atoms with Crippen LogP contribution in [0.5, 0.6) is 11.5 Å². The number of rotatable bonds is 2. The van der Waals surface area contributed by atoms with E-state index in [2.05, 4.69) is 11.1 Å². The van der Waals surface area contributed by atoms with Crippen LogP contribution in [0.2, 0.25) is 0 Å². The smallest absolute Gasteiger partial charge is 0.231 e. The molecule has 0 saturated heterocycles. The normalized spacial score (nSPS) is 13.8. The van der Waals surface area contributed by atoms with Crippen LogP contribution in [0.15, 0.2) is 48.7 Å². The zero-order valence-corrected chi connectivity index (χ0v) is 11.3. The monoisotopic (exact) mass is 278 g/mol. The van der Waals surface area contributed by atoms with E-state index in [1.165, 1.54) is 0 Å². The van der Waals surface area contributed by atoms with Crippen LogP contribution >= 0.6 is 0 Å². The van der Waals surface area contributed by atoms with Gasteiger partial charge in [0.1, 0.15) is 0 Å². The Hall–Kier alpha value is -2.88. The van der Waals surface area contributed by atoms with Crippen LogP contribution in [0.3, 0.4) is 0 Å². The van der Waals surface area contributed by atoms with Gasteiger partial charge in [0.15, 0.2) is 11.5 Å². The second-order valence-electron chi connectivity index (χ2n) is 4.96. The van der Waals surface area contributed by atoms with Gasteiger partial charge < -0.3 is 20.2 Å². The Balaban J connectivity index is 1.75. The molecule has 4 nitrogen and oxygen atoms in total. The summed E-state index contributed by atoms with van der Waals surface area (Å²) < 4.78 is 10.7. The number of para-hydroxylation sites is 1. The molecule has 21 heavy (non-hydrogen) atoms. The summed E-state index contributed by atoms with van der Waals surface area (Å²) in [7, 11) is 0. The highest BCUT2D eigenvalue weighted by Gasteiger charge is 2.13. The van der Waals surface area contributed by atoms with Crippen molar-refractivity contribution in [3.8, 4) is 11.5 Å². The summed E-state index contributed by atoms with van der Waals surface area (Å²) in [5.74, 6) is 1.54. The van der Waals surface area contributed by atoms with E-state index >= 15 is 0 Å². The van der Waals surface area contributed by atoms with Gasteiger partial charge in [-0.15, -0.1) is 0 Å². The number of hydrogen-bond acceptors (Lipinski definition) is 3. The highest BCUT2D eigenvalue weighted by molar-refractivity contribution is 5.95. The van der Waals surface area contributed by atoms with Crippen LogP contribution < -0.4 is 15.2 Å². The molecule has 0 bridgehead atoms. The molecular formula is C17H14N2O2. The molecular weight excluding hydrogens is 264 g/mol. The zero-order valence-electron chi connectivity index (χ0n) is 11.3. The Morgan fingerprint density at radius 3 is 2.90 bits per heavy atom. The molecule has 0 aliphatic carbocycles. The molecule has 0 fully saturated rings. The van der Waals surface area contributed by atoms with Crippen LogP contribution in [0.1, 0.15) is 11.1 Å². The molecule has 1 aliphatic heterocycles. The SMILES string of the molecule is N/C(=C\c1ccc2c(c1)OCO2)c1c[nH]c2ccccc12. The van der Waals surface area contributed by atoms with E-state index < -0.39 is 0 Å². The van der Waals surface area contributed by atoms with Crippen LogP contribution in [0.4, 0.5) is 0 Å². The Morgan fingerprint density at radius 1 is 1.10 bits per heavy atom. The molecule has 104 valence electrons. The third-order valence-electron chi connectivity index (χ3n) is 3.62. The second-order valence-corrected chi connectivity index (χ2v) is 4.96. The molecule has 1 aliphatic rings. The largest absolute Gasteiger partial charge is 0.454 e. The molecule has 2 heterocycles. The van der Waals surface area contributed by atoms with E-state index in [9.17, 15) is 0 Å². The predicted octanol–water partition coefficient (Wildman–Crippen LogP) is 3.35. The van der Waals surface area contributed by atoms with Crippen molar-refractivity contribution in [2.45, 2.75) is 0 Å². The minimum absolute atomic E-state index is 0.278. The average Bonchev–Trinajstić information content (AvgIpc) is 3.13. The van der Waals surface area contributed by atoms with Gasteiger partial charge in [-0.1, -0.05) is 24.3 Å². The molecule has 3 N–H and O–H groups in total. The standard InChI is InChI=1S/C17H14N2O2/c18-14(13-9-19-15-4-2-1-3-12(13)15)7-11-5-6-16-17(8-11)21-10-20-16/h1-9,19H,10,18H2/b14-7-. The van der Waals surface area contributed by atoms with E-state index in [-0.39, 0.29) is 6.79 Å². The van der Waals surface area contributed by atoms with Crippen molar-refractivity contribution in [3.05, 3.63) is 59.8 Å². The third-order valence-corrected chi connectivity index (χ3v) is 3.62. The lowest BCUT2D eigenvalue weighted by molar-refractivity contribution is 0.174. The number of benzene rings is 2.